The average molecular weight is 213 g/mol. The molecule has 0 saturated carbocycles. The summed E-state index contributed by atoms with van der Waals surface area (Å²) in [6.07, 6.45) is 1.25. The average Bonchev–Trinajstić information content (AvgIpc) is 2.02. The standard InChI is InChI=1S/C10H15NO2S/c1-9(8-14(2,12)13)11-10-6-4-3-5-7-10/h3-7,9,11H,8H2,1-2H3. The van der Waals surface area contributed by atoms with Gasteiger partial charge >= 0.3 is 0 Å². The molecule has 0 aromatic heterocycles. The van der Waals surface area contributed by atoms with Gasteiger partial charge in [0.25, 0.3) is 0 Å². The molecular formula is C10H15NO2S. The quantitative estimate of drug-likeness (QED) is 0.825. The van der Waals surface area contributed by atoms with Gasteiger partial charge in [-0.3, -0.25) is 0 Å². The van der Waals surface area contributed by atoms with Crippen molar-refractivity contribution in [3.8, 4) is 0 Å². The Hall–Kier alpha value is -1.03. The highest BCUT2D eigenvalue weighted by Gasteiger charge is 2.09. The number of benzene rings is 1. The summed E-state index contributed by atoms with van der Waals surface area (Å²) < 4.78 is 22.0. The van der Waals surface area contributed by atoms with Gasteiger partial charge in [-0.1, -0.05) is 18.2 Å². The zero-order valence-electron chi connectivity index (χ0n) is 8.40. The lowest BCUT2D eigenvalue weighted by Crippen LogP contribution is -2.24. The number of nitrogens with one attached hydrogen (secondary N) is 1. The van der Waals surface area contributed by atoms with Gasteiger partial charge in [0.2, 0.25) is 0 Å². The molecule has 0 heterocycles. The maximum Gasteiger partial charge on any atom is 0.149 e. The molecule has 0 radical (unpaired) electrons. The SMILES string of the molecule is CC(CS(C)(=O)=O)Nc1ccccc1. The summed E-state index contributed by atoms with van der Waals surface area (Å²) in [5.41, 5.74) is 0.948. The molecule has 1 aromatic rings. The van der Waals surface area contributed by atoms with E-state index in [1.54, 1.807) is 0 Å². The predicted octanol–water partition coefficient (Wildman–Crippen LogP) is 1.53. The number of para-hydroxylation sites is 1. The summed E-state index contributed by atoms with van der Waals surface area (Å²) in [6.45, 7) is 1.86. The van der Waals surface area contributed by atoms with Crippen molar-refractivity contribution in [2.45, 2.75) is 13.0 Å². The van der Waals surface area contributed by atoms with Crippen LogP contribution in [-0.4, -0.2) is 26.5 Å². The Morgan fingerprint density at radius 1 is 1.29 bits per heavy atom. The normalized spacial score (nSPS) is 13.6. The van der Waals surface area contributed by atoms with Crippen molar-refractivity contribution < 1.29 is 8.42 Å². The van der Waals surface area contributed by atoms with Crippen LogP contribution in [0.25, 0.3) is 0 Å². The highest BCUT2D eigenvalue weighted by Crippen LogP contribution is 2.07. The maximum atomic E-state index is 11.0. The predicted molar refractivity (Wildman–Crippen MR) is 59.2 cm³/mol. The monoisotopic (exact) mass is 213 g/mol. The maximum absolute atomic E-state index is 11.0. The van der Waals surface area contributed by atoms with Crippen LogP contribution in [0.5, 0.6) is 0 Å². The Morgan fingerprint density at radius 3 is 2.36 bits per heavy atom. The summed E-state index contributed by atoms with van der Waals surface area (Å²) in [4.78, 5) is 0. The van der Waals surface area contributed by atoms with Gasteiger partial charge in [-0.2, -0.15) is 0 Å². The molecule has 78 valence electrons. The molecule has 0 amide bonds. The molecule has 1 rings (SSSR count). The zero-order valence-corrected chi connectivity index (χ0v) is 9.21. The molecule has 0 spiro atoms. The molecule has 0 aliphatic heterocycles. The number of sulfone groups is 1. The van der Waals surface area contributed by atoms with Gasteiger partial charge in [0.15, 0.2) is 0 Å². The minimum atomic E-state index is -2.91. The highest BCUT2D eigenvalue weighted by atomic mass is 32.2. The summed E-state index contributed by atoms with van der Waals surface area (Å²) in [7, 11) is -2.91. The Labute approximate surface area is 85.1 Å². The molecule has 0 saturated heterocycles. The molecule has 4 heteroatoms. The lowest BCUT2D eigenvalue weighted by molar-refractivity contribution is 0.598. The van der Waals surface area contributed by atoms with E-state index in [1.165, 1.54) is 6.26 Å². The molecule has 0 bridgehead atoms. The van der Waals surface area contributed by atoms with Crippen LogP contribution in [0.15, 0.2) is 30.3 Å². The van der Waals surface area contributed by atoms with E-state index in [9.17, 15) is 8.42 Å². The van der Waals surface area contributed by atoms with Gasteiger partial charge < -0.3 is 5.32 Å². The second kappa shape index (κ2) is 4.46. The Balaban J connectivity index is 2.54. The fourth-order valence-corrected chi connectivity index (χ4v) is 2.31. The van der Waals surface area contributed by atoms with Crippen molar-refractivity contribution in [2.75, 3.05) is 17.3 Å². The third-order valence-electron chi connectivity index (χ3n) is 1.74. The minimum Gasteiger partial charge on any atom is -0.382 e. The first kappa shape index (κ1) is 11.0. The van der Waals surface area contributed by atoms with Crippen LogP contribution in [0, 0.1) is 0 Å². The Bertz CT molecular complexity index is 372. The fraction of sp³-hybridized carbons (Fsp3) is 0.400. The topological polar surface area (TPSA) is 46.2 Å². The van der Waals surface area contributed by atoms with Crippen LogP contribution in [0.4, 0.5) is 5.69 Å². The first-order valence-electron chi connectivity index (χ1n) is 4.47. The van der Waals surface area contributed by atoms with Crippen molar-refractivity contribution in [3.05, 3.63) is 30.3 Å². The van der Waals surface area contributed by atoms with E-state index in [0.717, 1.165) is 5.69 Å². The van der Waals surface area contributed by atoms with E-state index < -0.39 is 9.84 Å². The van der Waals surface area contributed by atoms with Gasteiger partial charge in [-0.05, 0) is 19.1 Å². The lowest BCUT2D eigenvalue weighted by Gasteiger charge is -2.13. The highest BCUT2D eigenvalue weighted by molar-refractivity contribution is 7.90. The molecule has 0 fully saturated rings. The van der Waals surface area contributed by atoms with Crippen LogP contribution in [0.1, 0.15) is 6.92 Å². The minimum absolute atomic E-state index is 0.0626. The van der Waals surface area contributed by atoms with E-state index in [4.69, 9.17) is 0 Å². The van der Waals surface area contributed by atoms with Crippen LogP contribution >= 0.6 is 0 Å². The second-order valence-electron chi connectivity index (χ2n) is 3.50. The van der Waals surface area contributed by atoms with Gasteiger partial charge in [0, 0.05) is 18.0 Å². The zero-order chi connectivity index (χ0) is 10.6. The van der Waals surface area contributed by atoms with Crippen molar-refractivity contribution in [1.29, 1.82) is 0 Å². The molecule has 14 heavy (non-hydrogen) atoms. The molecule has 0 aliphatic rings. The number of hydrogen-bond acceptors (Lipinski definition) is 3. The van der Waals surface area contributed by atoms with Crippen molar-refractivity contribution in [2.24, 2.45) is 0 Å². The van der Waals surface area contributed by atoms with Crippen molar-refractivity contribution >= 4 is 15.5 Å². The van der Waals surface area contributed by atoms with E-state index in [1.807, 2.05) is 37.3 Å². The van der Waals surface area contributed by atoms with Gasteiger partial charge in [-0.15, -0.1) is 0 Å². The molecule has 1 N–H and O–H groups in total. The third-order valence-corrected chi connectivity index (χ3v) is 2.85. The molecule has 0 aliphatic carbocycles. The second-order valence-corrected chi connectivity index (χ2v) is 5.69. The van der Waals surface area contributed by atoms with E-state index in [0.29, 0.717) is 0 Å². The fourth-order valence-electron chi connectivity index (χ4n) is 1.31. The molecule has 1 unspecified atom stereocenters. The van der Waals surface area contributed by atoms with E-state index in [-0.39, 0.29) is 11.8 Å². The number of hydrogen-bond donors (Lipinski definition) is 1. The van der Waals surface area contributed by atoms with Crippen molar-refractivity contribution in [3.63, 3.8) is 0 Å². The summed E-state index contributed by atoms with van der Waals surface area (Å²) >= 11 is 0. The summed E-state index contributed by atoms with van der Waals surface area (Å²) in [6, 6.07) is 9.52. The van der Waals surface area contributed by atoms with Gasteiger partial charge in [0.05, 0.1) is 5.75 Å². The van der Waals surface area contributed by atoms with E-state index >= 15 is 0 Å². The van der Waals surface area contributed by atoms with Crippen LogP contribution in [0.2, 0.25) is 0 Å². The van der Waals surface area contributed by atoms with Crippen LogP contribution < -0.4 is 5.32 Å². The summed E-state index contributed by atoms with van der Waals surface area (Å²) in [5, 5.41) is 3.12. The Morgan fingerprint density at radius 2 is 1.86 bits per heavy atom. The molecule has 1 atom stereocenters. The van der Waals surface area contributed by atoms with E-state index in [2.05, 4.69) is 5.32 Å². The van der Waals surface area contributed by atoms with Crippen LogP contribution in [0.3, 0.4) is 0 Å². The first-order valence-corrected chi connectivity index (χ1v) is 6.53. The molecular weight excluding hydrogens is 198 g/mol. The Kier molecular flexibility index (Phi) is 3.52. The van der Waals surface area contributed by atoms with Gasteiger partial charge in [-0.25, -0.2) is 8.42 Å². The molecule has 1 aromatic carbocycles. The van der Waals surface area contributed by atoms with Crippen molar-refractivity contribution in [1.82, 2.24) is 0 Å². The summed E-state index contributed by atoms with van der Waals surface area (Å²) in [5.74, 6) is 0.155. The third kappa shape index (κ3) is 4.28. The van der Waals surface area contributed by atoms with Crippen LogP contribution in [-0.2, 0) is 9.84 Å². The first-order chi connectivity index (χ1) is 6.47. The lowest BCUT2D eigenvalue weighted by atomic mass is 10.3. The van der Waals surface area contributed by atoms with Gasteiger partial charge in [0.1, 0.15) is 9.84 Å². The smallest absolute Gasteiger partial charge is 0.149 e. The number of rotatable bonds is 4. The largest absolute Gasteiger partial charge is 0.382 e. The number of anilines is 1. The molecule has 3 nitrogen and oxygen atoms in total.